The molecule has 4 saturated heterocycles. The molecule has 0 aromatic heterocycles. The summed E-state index contributed by atoms with van der Waals surface area (Å²) in [5, 5.41) is 0.00201. The number of nitrogens with zero attached hydrogens (tertiary/aromatic N) is 1. The van der Waals surface area contributed by atoms with Crippen LogP contribution in [0.5, 0.6) is 0 Å². The molecule has 0 radical (unpaired) electrons. The highest BCUT2D eigenvalue weighted by molar-refractivity contribution is 6.74. The molecule has 7 nitrogen and oxygen atoms in total. The van der Waals surface area contributed by atoms with E-state index in [1.807, 2.05) is 34.6 Å². The van der Waals surface area contributed by atoms with Crippen molar-refractivity contribution in [3.63, 3.8) is 0 Å². The van der Waals surface area contributed by atoms with Crippen LogP contribution in [0, 0.1) is 0 Å². The van der Waals surface area contributed by atoms with Crippen LogP contribution in [-0.4, -0.2) is 66.9 Å². The van der Waals surface area contributed by atoms with Crippen molar-refractivity contribution in [2.75, 3.05) is 0 Å². The number of hydrogen-bond donors (Lipinski definition) is 0. The van der Waals surface area contributed by atoms with Gasteiger partial charge in [-0.05, 0) is 52.8 Å². The van der Waals surface area contributed by atoms with Crippen molar-refractivity contribution < 1.29 is 28.2 Å². The van der Waals surface area contributed by atoms with Crippen LogP contribution in [0.1, 0.15) is 55.4 Å². The van der Waals surface area contributed by atoms with Crippen LogP contribution in [0.25, 0.3) is 0 Å². The van der Waals surface area contributed by atoms with Gasteiger partial charge in [0.1, 0.15) is 36.1 Å². The van der Waals surface area contributed by atoms with Crippen LogP contribution in [0.3, 0.4) is 0 Å². The van der Waals surface area contributed by atoms with E-state index in [1.54, 1.807) is 4.90 Å². The van der Waals surface area contributed by atoms with E-state index in [9.17, 15) is 4.79 Å². The minimum absolute atomic E-state index is 0.00201. The number of fused-ring (bicyclic) bond motifs is 8. The Kier molecular flexibility index (Phi) is 4.06. The molecule has 4 aliphatic rings. The second-order valence-corrected chi connectivity index (χ2v) is 16.2. The van der Waals surface area contributed by atoms with Gasteiger partial charge in [0.25, 0.3) is 0 Å². The first kappa shape index (κ1) is 20.6. The van der Waals surface area contributed by atoms with Gasteiger partial charge in [0, 0.05) is 0 Å². The lowest BCUT2D eigenvalue weighted by molar-refractivity contribution is -0.191. The Morgan fingerprint density at radius 2 is 1.57 bits per heavy atom. The summed E-state index contributed by atoms with van der Waals surface area (Å²) in [5.74, 6) is -0.651. The molecule has 4 heterocycles. The maximum absolute atomic E-state index is 13.0. The molecule has 0 aromatic carbocycles. The number of amides is 1. The zero-order chi connectivity index (χ0) is 21.1. The van der Waals surface area contributed by atoms with Gasteiger partial charge in [-0.1, -0.05) is 20.8 Å². The molecule has 0 aromatic rings. The second kappa shape index (κ2) is 5.52. The highest BCUT2D eigenvalue weighted by Crippen LogP contribution is 2.65. The Balaban J connectivity index is 1.67. The van der Waals surface area contributed by atoms with Crippen LogP contribution in [0.4, 0.5) is 4.79 Å². The average Bonchev–Trinajstić information content (AvgIpc) is 2.67. The molecule has 4 rings (SSSR count). The molecule has 0 aliphatic carbocycles. The van der Waals surface area contributed by atoms with Crippen molar-refractivity contribution >= 4 is 14.4 Å². The smallest absolute Gasteiger partial charge is 0.413 e. The summed E-state index contributed by atoms with van der Waals surface area (Å²) in [5.41, 5.74) is -1.39. The molecule has 0 saturated carbocycles. The number of hydrogen-bond acceptors (Lipinski definition) is 6. The lowest BCUT2D eigenvalue weighted by Gasteiger charge is -2.41. The fourth-order valence-electron chi connectivity index (χ4n) is 4.51. The van der Waals surface area contributed by atoms with E-state index in [-0.39, 0.29) is 41.6 Å². The second-order valence-electron chi connectivity index (χ2n) is 11.5. The molecule has 28 heavy (non-hydrogen) atoms. The van der Waals surface area contributed by atoms with Crippen LogP contribution in [0.2, 0.25) is 18.1 Å². The van der Waals surface area contributed by atoms with Gasteiger partial charge >= 0.3 is 6.09 Å². The standard InChI is InChI=1S/C20H35NO6Si/c1-17(2,3)26-16(22)21-14-12-11-13(25-19(7,8)24-11)15(23-12)20(14,21)27-28(9,10)18(4,5)6/h11-15H,1-10H3/t11-,12+,13-,14+,15-,20-,21?/m0/s1. The van der Waals surface area contributed by atoms with Crippen molar-refractivity contribution in [3.8, 4) is 0 Å². The molecular formula is C20H35NO6Si. The van der Waals surface area contributed by atoms with Gasteiger partial charge in [-0.25, -0.2) is 4.79 Å². The predicted octanol–water partition coefficient (Wildman–Crippen LogP) is 3.62. The molecular weight excluding hydrogens is 378 g/mol. The van der Waals surface area contributed by atoms with Crippen LogP contribution in [0.15, 0.2) is 0 Å². The maximum Gasteiger partial charge on any atom is 0.413 e. The Morgan fingerprint density at radius 3 is 2.11 bits per heavy atom. The average molecular weight is 414 g/mol. The summed E-state index contributed by atoms with van der Waals surface area (Å²) < 4.78 is 31.1. The van der Waals surface area contributed by atoms with E-state index < -0.39 is 25.4 Å². The third-order valence-corrected chi connectivity index (χ3v) is 11.1. The quantitative estimate of drug-likeness (QED) is 0.509. The Bertz CT molecular complexity index is 696. The van der Waals surface area contributed by atoms with Gasteiger partial charge in [-0.3, -0.25) is 4.90 Å². The summed E-state index contributed by atoms with van der Waals surface area (Å²) in [6.07, 6.45) is -1.40. The van der Waals surface area contributed by atoms with Gasteiger partial charge in [-0.15, -0.1) is 0 Å². The first-order chi connectivity index (χ1) is 12.5. The SMILES string of the molecule is CC(C)(C)OC(=O)N1[C@@H]2[C@@H]3O[C@@H]([C@H]4OC(C)(C)O[C@@H]34)[C@@]21O[Si](C)(C)C(C)(C)C. The van der Waals surface area contributed by atoms with E-state index in [0.717, 1.165) is 0 Å². The number of likely N-dealkylation sites (tertiary alicyclic amines) is 1. The van der Waals surface area contributed by atoms with Crippen molar-refractivity contribution in [1.82, 2.24) is 4.90 Å². The number of carbonyl (C=O) groups excluding carboxylic acids is 1. The summed E-state index contributed by atoms with van der Waals surface area (Å²) in [4.78, 5) is 14.8. The van der Waals surface area contributed by atoms with Gasteiger partial charge in [0.2, 0.25) is 0 Å². The number of rotatable bonds is 2. The molecule has 1 amide bonds. The Morgan fingerprint density at radius 1 is 1.00 bits per heavy atom. The molecule has 0 N–H and O–H groups in total. The largest absolute Gasteiger partial charge is 0.444 e. The van der Waals surface area contributed by atoms with Crippen LogP contribution >= 0.6 is 0 Å². The van der Waals surface area contributed by atoms with Gasteiger partial charge in [0.05, 0.1) is 0 Å². The fourth-order valence-corrected chi connectivity index (χ4v) is 5.97. The molecule has 8 heteroatoms. The molecule has 6 atom stereocenters. The fraction of sp³-hybridized carbons (Fsp3) is 0.950. The normalized spacial score (nSPS) is 41.1. The Labute approximate surface area is 169 Å². The molecule has 160 valence electrons. The number of carbonyl (C=O) groups is 1. The summed E-state index contributed by atoms with van der Waals surface area (Å²) in [6, 6.07) is -0.194. The molecule has 4 aliphatic heterocycles. The highest BCUT2D eigenvalue weighted by atomic mass is 28.4. The third-order valence-electron chi connectivity index (χ3n) is 6.63. The molecule has 0 spiro atoms. The minimum atomic E-state index is -2.19. The van der Waals surface area contributed by atoms with E-state index in [2.05, 4.69) is 33.9 Å². The van der Waals surface area contributed by atoms with E-state index >= 15 is 0 Å². The van der Waals surface area contributed by atoms with Crippen LogP contribution < -0.4 is 0 Å². The van der Waals surface area contributed by atoms with E-state index in [0.29, 0.717) is 0 Å². The maximum atomic E-state index is 13.0. The lowest BCUT2D eigenvalue weighted by Crippen LogP contribution is -2.55. The molecule has 0 unspecified atom stereocenters. The van der Waals surface area contributed by atoms with Gasteiger partial charge in [0.15, 0.2) is 19.8 Å². The van der Waals surface area contributed by atoms with Gasteiger partial charge in [-0.2, -0.15) is 0 Å². The van der Waals surface area contributed by atoms with Gasteiger partial charge < -0.3 is 23.4 Å². The predicted molar refractivity (Wildman–Crippen MR) is 105 cm³/mol. The number of ether oxygens (including phenoxy) is 4. The lowest BCUT2D eigenvalue weighted by atomic mass is 9.93. The zero-order valence-electron chi connectivity index (χ0n) is 18.8. The van der Waals surface area contributed by atoms with E-state index in [4.69, 9.17) is 23.4 Å². The highest BCUT2D eigenvalue weighted by Gasteiger charge is 2.88. The van der Waals surface area contributed by atoms with Crippen molar-refractivity contribution in [2.45, 2.75) is 121 Å². The third kappa shape index (κ3) is 2.79. The summed E-state index contributed by atoms with van der Waals surface area (Å²) >= 11 is 0. The van der Waals surface area contributed by atoms with E-state index in [1.165, 1.54) is 0 Å². The zero-order valence-corrected chi connectivity index (χ0v) is 19.8. The monoisotopic (exact) mass is 413 g/mol. The first-order valence-electron chi connectivity index (χ1n) is 10.2. The summed E-state index contributed by atoms with van der Waals surface area (Å²) in [6.45, 7) is 20.4. The summed E-state index contributed by atoms with van der Waals surface area (Å²) in [7, 11) is -2.19. The van der Waals surface area contributed by atoms with Crippen molar-refractivity contribution in [1.29, 1.82) is 0 Å². The topological polar surface area (TPSA) is 66.2 Å². The molecule has 4 fully saturated rings. The van der Waals surface area contributed by atoms with Crippen LogP contribution in [-0.2, 0) is 23.4 Å². The minimum Gasteiger partial charge on any atom is -0.444 e. The first-order valence-corrected chi connectivity index (χ1v) is 13.1. The van der Waals surface area contributed by atoms with Crippen molar-refractivity contribution in [3.05, 3.63) is 0 Å². The molecule has 2 bridgehead atoms. The number of morpholine rings is 1. The van der Waals surface area contributed by atoms with Crippen molar-refractivity contribution in [2.24, 2.45) is 0 Å². The Hall–Kier alpha value is -0.673.